The minimum Gasteiger partial charge on any atom is -0.461 e. The smallest absolute Gasteiger partial charge is 0.313 e. The molecule has 1 rings (SSSR count). The summed E-state index contributed by atoms with van der Waals surface area (Å²) in [6.45, 7) is 3.64. The molecule has 0 amide bonds. The van der Waals surface area contributed by atoms with Crippen LogP contribution in [-0.4, -0.2) is 23.7 Å². The van der Waals surface area contributed by atoms with Gasteiger partial charge >= 0.3 is 5.97 Å². The van der Waals surface area contributed by atoms with Crippen LogP contribution < -0.4 is 0 Å². The van der Waals surface area contributed by atoms with Crippen molar-refractivity contribution in [2.45, 2.75) is 39.2 Å². The number of alkyl halides is 1. The maximum atomic E-state index is 11.6. The maximum Gasteiger partial charge on any atom is 0.313 e. The van der Waals surface area contributed by atoms with E-state index in [9.17, 15) is 9.59 Å². The van der Waals surface area contributed by atoms with Gasteiger partial charge in [0.1, 0.15) is 12.5 Å². The second kappa shape index (κ2) is 4.30. The number of ether oxygens (including phenoxy) is 1. The molecule has 80 valence electrons. The van der Waals surface area contributed by atoms with E-state index in [4.69, 9.17) is 16.3 Å². The third-order valence-corrected chi connectivity index (χ3v) is 2.97. The Labute approximate surface area is 88.8 Å². The van der Waals surface area contributed by atoms with Gasteiger partial charge in [-0.25, -0.2) is 0 Å². The molecular formula is C10H15ClO3. The van der Waals surface area contributed by atoms with Crippen LogP contribution in [0.25, 0.3) is 0 Å². The second-order valence-corrected chi connectivity index (χ2v) is 4.51. The van der Waals surface area contributed by atoms with Gasteiger partial charge in [0, 0.05) is 5.88 Å². The van der Waals surface area contributed by atoms with Crippen molar-refractivity contribution in [3.8, 4) is 0 Å². The van der Waals surface area contributed by atoms with Crippen LogP contribution in [0.3, 0.4) is 0 Å². The second-order valence-electron chi connectivity index (χ2n) is 4.13. The topological polar surface area (TPSA) is 43.4 Å². The van der Waals surface area contributed by atoms with Crippen molar-refractivity contribution in [1.29, 1.82) is 0 Å². The predicted octanol–water partition coefficient (Wildman–Crippen LogP) is 1.92. The summed E-state index contributed by atoms with van der Waals surface area (Å²) in [5.41, 5.74) is -0.556. The number of halogens is 1. The van der Waals surface area contributed by atoms with Crippen LogP contribution in [0.2, 0.25) is 0 Å². The van der Waals surface area contributed by atoms with Gasteiger partial charge in [-0.1, -0.05) is 0 Å². The summed E-state index contributed by atoms with van der Waals surface area (Å²) in [4.78, 5) is 22.6. The third kappa shape index (κ3) is 2.27. The lowest BCUT2D eigenvalue weighted by atomic mass is 9.77. The Kier molecular flexibility index (Phi) is 3.53. The number of cyclic esters (lactones) is 1. The van der Waals surface area contributed by atoms with Crippen LogP contribution in [-0.2, 0) is 14.3 Å². The summed E-state index contributed by atoms with van der Waals surface area (Å²) < 4.78 is 5.16. The van der Waals surface area contributed by atoms with Gasteiger partial charge in [-0.3, -0.25) is 9.59 Å². The predicted molar refractivity (Wildman–Crippen MR) is 53.2 cm³/mol. The fourth-order valence-corrected chi connectivity index (χ4v) is 1.72. The van der Waals surface area contributed by atoms with Gasteiger partial charge < -0.3 is 4.74 Å². The van der Waals surface area contributed by atoms with Crippen LogP contribution in [0.15, 0.2) is 0 Å². The lowest BCUT2D eigenvalue weighted by Crippen LogP contribution is -2.46. The van der Waals surface area contributed by atoms with Crippen molar-refractivity contribution in [2.75, 3.05) is 5.88 Å². The minimum absolute atomic E-state index is 0.0340. The van der Waals surface area contributed by atoms with E-state index in [1.54, 1.807) is 0 Å². The molecule has 1 aliphatic heterocycles. The first kappa shape index (κ1) is 11.5. The molecule has 0 spiro atoms. The summed E-state index contributed by atoms with van der Waals surface area (Å²) >= 11 is 5.56. The van der Waals surface area contributed by atoms with Crippen molar-refractivity contribution in [3.05, 3.63) is 0 Å². The van der Waals surface area contributed by atoms with Gasteiger partial charge in [-0.2, -0.15) is 0 Å². The molecule has 0 aliphatic carbocycles. The molecule has 0 N–H and O–H groups in total. The monoisotopic (exact) mass is 218 g/mol. The Morgan fingerprint density at radius 2 is 2.14 bits per heavy atom. The van der Waals surface area contributed by atoms with Crippen molar-refractivity contribution in [2.24, 2.45) is 5.41 Å². The Morgan fingerprint density at radius 3 is 2.71 bits per heavy atom. The number of hydrogen-bond donors (Lipinski definition) is 0. The fraction of sp³-hybridized carbons (Fsp3) is 0.800. The van der Waals surface area contributed by atoms with E-state index in [0.717, 1.165) is 6.42 Å². The van der Waals surface area contributed by atoms with Crippen LogP contribution in [0, 0.1) is 5.41 Å². The molecule has 1 aliphatic rings. The van der Waals surface area contributed by atoms with Crippen LogP contribution >= 0.6 is 11.6 Å². The van der Waals surface area contributed by atoms with E-state index in [2.05, 4.69) is 0 Å². The first-order chi connectivity index (χ1) is 6.48. The van der Waals surface area contributed by atoms with Gasteiger partial charge in [0.25, 0.3) is 0 Å². The molecule has 14 heavy (non-hydrogen) atoms. The highest BCUT2D eigenvalue weighted by Gasteiger charge is 2.43. The molecule has 1 atom stereocenters. The van der Waals surface area contributed by atoms with Gasteiger partial charge in [0.05, 0.1) is 5.41 Å². The zero-order valence-electron chi connectivity index (χ0n) is 8.51. The van der Waals surface area contributed by atoms with Crippen molar-refractivity contribution < 1.29 is 14.3 Å². The van der Waals surface area contributed by atoms with E-state index in [1.807, 2.05) is 13.8 Å². The number of rotatable bonds is 3. The molecule has 1 saturated heterocycles. The summed E-state index contributed by atoms with van der Waals surface area (Å²) in [5, 5.41) is 0. The number of carbonyl (C=O) groups excluding carboxylic acids is 2. The first-order valence-corrected chi connectivity index (χ1v) is 5.30. The van der Waals surface area contributed by atoms with Crippen LogP contribution in [0.1, 0.15) is 33.1 Å². The maximum absolute atomic E-state index is 11.6. The number of hydrogen-bond acceptors (Lipinski definition) is 3. The largest absolute Gasteiger partial charge is 0.461 e. The first-order valence-electron chi connectivity index (χ1n) is 4.77. The normalized spacial score (nSPS) is 26.1. The molecule has 0 unspecified atom stereocenters. The average molecular weight is 219 g/mol. The van der Waals surface area contributed by atoms with Crippen molar-refractivity contribution >= 4 is 23.4 Å². The third-order valence-electron chi connectivity index (χ3n) is 2.70. The van der Waals surface area contributed by atoms with E-state index >= 15 is 0 Å². The molecule has 0 aromatic heterocycles. The molecule has 0 bridgehead atoms. The van der Waals surface area contributed by atoms with Gasteiger partial charge in [-0.05, 0) is 26.7 Å². The molecular weight excluding hydrogens is 204 g/mol. The summed E-state index contributed by atoms with van der Waals surface area (Å²) in [6.07, 6.45) is 1.02. The zero-order chi connectivity index (χ0) is 10.8. The molecule has 4 heteroatoms. The number of esters is 1. The number of carbonyl (C=O) groups is 2. The zero-order valence-corrected chi connectivity index (χ0v) is 9.26. The summed E-state index contributed by atoms with van der Waals surface area (Å²) in [6, 6.07) is 0. The Morgan fingerprint density at radius 1 is 1.50 bits per heavy atom. The van der Waals surface area contributed by atoms with Crippen LogP contribution in [0.4, 0.5) is 0 Å². The SMILES string of the molecule is CC1(C)C(=O)CC(=O)O[C@@H]1CCCCl. The highest BCUT2D eigenvalue weighted by Crippen LogP contribution is 2.33. The molecule has 1 heterocycles. The van der Waals surface area contributed by atoms with E-state index in [0.29, 0.717) is 12.3 Å². The molecule has 1 fully saturated rings. The Bertz CT molecular complexity index is 248. The molecule has 0 aromatic carbocycles. The van der Waals surface area contributed by atoms with E-state index in [1.165, 1.54) is 0 Å². The highest BCUT2D eigenvalue weighted by molar-refractivity contribution is 6.17. The van der Waals surface area contributed by atoms with E-state index < -0.39 is 11.4 Å². The van der Waals surface area contributed by atoms with Crippen molar-refractivity contribution in [3.63, 3.8) is 0 Å². The molecule has 0 radical (unpaired) electrons. The van der Waals surface area contributed by atoms with Gasteiger partial charge in [-0.15, -0.1) is 11.6 Å². The number of ketones is 1. The van der Waals surface area contributed by atoms with Gasteiger partial charge in [0.2, 0.25) is 0 Å². The number of Topliss-reactive ketones (excluding diaryl/α,β-unsaturated/α-hetero) is 1. The quantitative estimate of drug-likeness (QED) is 0.413. The summed E-state index contributed by atoms with van der Waals surface area (Å²) in [5.74, 6) is 0.0837. The lowest BCUT2D eigenvalue weighted by Gasteiger charge is -2.36. The lowest BCUT2D eigenvalue weighted by molar-refractivity contribution is -0.170. The molecule has 0 saturated carbocycles. The standard InChI is InChI=1S/C10H15ClO3/c1-10(2)7(12)6-9(13)14-8(10)4-3-5-11/h8H,3-6H2,1-2H3/t8-/m1/s1. The fourth-order valence-electron chi connectivity index (χ4n) is 1.57. The Hall–Kier alpha value is -0.570. The minimum atomic E-state index is -0.556. The van der Waals surface area contributed by atoms with Crippen LogP contribution in [0.5, 0.6) is 0 Å². The highest BCUT2D eigenvalue weighted by atomic mass is 35.5. The van der Waals surface area contributed by atoms with Gasteiger partial charge in [0.15, 0.2) is 5.78 Å². The molecule has 0 aromatic rings. The Balaban J connectivity index is 2.69. The summed E-state index contributed by atoms with van der Waals surface area (Å²) in [7, 11) is 0. The average Bonchev–Trinajstić information content (AvgIpc) is 2.09. The molecule has 3 nitrogen and oxygen atoms in total. The van der Waals surface area contributed by atoms with Crippen molar-refractivity contribution in [1.82, 2.24) is 0 Å². The van der Waals surface area contributed by atoms with E-state index in [-0.39, 0.29) is 18.3 Å².